The van der Waals surface area contributed by atoms with E-state index in [0.717, 1.165) is 29.9 Å². The van der Waals surface area contributed by atoms with E-state index >= 15 is 0 Å². The first kappa shape index (κ1) is 26.9. The van der Waals surface area contributed by atoms with Gasteiger partial charge in [0.2, 0.25) is 0 Å². The van der Waals surface area contributed by atoms with E-state index in [0.29, 0.717) is 0 Å². The SMILES string of the molecule is C1=Cc2c(c(-c3cccc(N(c4ccc(-c5ccccc5)cc4)c4ccc(-c5ccccc5)cc4)c3)cc3ccccc23)CC1. The highest BCUT2D eigenvalue weighted by molar-refractivity contribution is 5.98. The minimum absolute atomic E-state index is 1.06. The predicted octanol–water partition coefficient (Wildman–Crippen LogP) is 12.3. The van der Waals surface area contributed by atoms with Crippen molar-refractivity contribution in [1.29, 1.82) is 0 Å². The van der Waals surface area contributed by atoms with E-state index in [9.17, 15) is 0 Å². The summed E-state index contributed by atoms with van der Waals surface area (Å²) in [6.07, 6.45) is 6.77. The van der Waals surface area contributed by atoms with Gasteiger partial charge < -0.3 is 4.90 Å². The summed E-state index contributed by atoms with van der Waals surface area (Å²) in [5.41, 5.74) is 13.6. The third-order valence-corrected chi connectivity index (χ3v) is 8.93. The van der Waals surface area contributed by atoms with E-state index in [1.165, 1.54) is 55.3 Å². The number of nitrogens with zero attached hydrogens (tertiary/aromatic N) is 1. The van der Waals surface area contributed by atoms with E-state index in [4.69, 9.17) is 0 Å². The first-order valence-corrected chi connectivity index (χ1v) is 15.7. The molecule has 0 aromatic heterocycles. The molecule has 1 aliphatic carbocycles. The van der Waals surface area contributed by atoms with Crippen LogP contribution in [0.4, 0.5) is 17.1 Å². The van der Waals surface area contributed by atoms with Gasteiger partial charge in [-0.2, -0.15) is 0 Å². The highest BCUT2D eigenvalue weighted by atomic mass is 15.1. The Bertz CT molecular complexity index is 2040. The molecule has 0 unspecified atom stereocenters. The smallest absolute Gasteiger partial charge is 0.0467 e. The molecule has 0 saturated heterocycles. The van der Waals surface area contributed by atoms with Crippen LogP contribution in [0.15, 0.2) is 170 Å². The van der Waals surface area contributed by atoms with Crippen molar-refractivity contribution in [3.63, 3.8) is 0 Å². The van der Waals surface area contributed by atoms with E-state index < -0.39 is 0 Å². The van der Waals surface area contributed by atoms with E-state index in [-0.39, 0.29) is 0 Å². The van der Waals surface area contributed by atoms with Gasteiger partial charge in [-0.25, -0.2) is 0 Å². The molecule has 0 atom stereocenters. The Balaban J connectivity index is 1.25. The number of benzene rings is 7. The van der Waals surface area contributed by atoms with Crippen LogP contribution in [-0.4, -0.2) is 0 Å². The summed E-state index contributed by atoms with van der Waals surface area (Å²) in [7, 11) is 0. The van der Waals surface area contributed by atoms with Crippen molar-refractivity contribution >= 4 is 33.9 Å². The number of hydrogen-bond acceptors (Lipinski definition) is 1. The molecule has 45 heavy (non-hydrogen) atoms. The Kier molecular flexibility index (Phi) is 7.05. The zero-order valence-electron chi connectivity index (χ0n) is 25.1. The molecule has 0 bridgehead atoms. The molecule has 0 heterocycles. The number of rotatable bonds is 6. The van der Waals surface area contributed by atoms with Crippen molar-refractivity contribution in [3.05, 3.63) is 181 Å². The Morgan fingerprint density at radius 3 is 1.62 bits per heavy atom. The molecule has 0 saturated carbocycles. The van der Waals surface area contributed by atoms with Crippen LogP contribution in [0.1, 0.15) is 17.5 Å². The Morgan fingerprint density at radius 2 is 0.978 bits per heavy atom. The maximum absolute atomic E-state index is 2.39. The molecule has 0 amide bonds. The van der Waals surface area contributed by atoms with Crippen LogP contribution < -0.4 is 4.90 Å². The standard InChI is InChI=1S/C44H33N/c1-3-12-32(13-4-1)34-22-26-38(27-23-34)45(39-28-24-35(25-29-39)33-14-5-2-6-15-33)40-18-11-17-36(30-40)44-31-37-16-7-8-19-41(37)42-20-9-10-21-43(42)44/h1-9,11-20,22-31H,10,21H2. The fraction of sp³-hybridized carbons (Fsp3) is 0.0455. The lowest BCUT2D eigenvalue weighted by molar-refractivity contribution is 0.992. The lowest BCUT2D eigenvalue weighted by Gasteiger charge is -2.27. The van der Waals surface area contributed by atoms with E-state index in [1.807, 2.05) is 0 Å². The topological polar surface area (TPSA) is 3.24 Å². The molecule has 7 aromatic carbocycles. The largest absolute Gasteiger partial charge is 0.310 e. The minimum Gasteiger partial charge on any atom is -0.310 e. The van der Waals surface area contributed by atoms with Gasteiger partial charge in [-0.05, 0) is 111 Å². The van der Waals surface area contributed by atoms with Crippen LogP contribution in [0, 0.1) is 0 Å². The Hall–Kier alpha value is -5.66. The molecule has 1 nitrogen and oxygen atoms in total. The van der Waals surface area contributed by atoms with Crippen molar-refractivity contribution in [2.24, 2.45) is 0 Å². The second-order valence-electron chi connectivity index (χ2n) is 11.7. The average molecular weight is 576 g/mol. The summed E-state index contributed by atoms with van der Waals surface area (Å²) < 4.78 is 0. The first-order valence-electron chi connectivity index (χ1n) is 15.7. The van der Waals surface area contributed by atoms with Gasteiger partial charge in [0.05, 0.1) is 0 Å². The van der Waals surface area contributed by atoms with Crippen LogP contribution in [0.2, 0.25) is 0 Å². The Morgan fingerprint density at radius 1 is 0.422 bits per heavy atom. The van der Waals surface area contributed by atoms with Gasteiger partial charge in [0, 0.05) is 17.1 Å². The van der Waals surface area contributed by atoms with Crippen LogP contribution in [0.25, 0.3) is 50.2 Å². The number of hydrogen-bond donors (Lipinski definition) is 0. The molecule has 0 radical (unpaired) electrons. The molecule has 0 fully saturated rings. The maximum atomic E-state index is 2.39. The molecular weight excluding hydrogens is 542 g/mol. The van der Waals surface area contributed by atoms with Crippen molar-refractivity contribution in [3.8, 4) is 33.4 Å². The molecule has 8 rings (SSSR count). The molecular formula is C44H33N. The minimum atomic E-state index is 1.06. The molecule has 214 valence electrons. The summed E-state index contributed by atoms with van der Waals surface area (Å²) in [6.45, 7) is 0. The normalized spacial score (nSPS) is 12.2. The summed E-state index contributed by atoms with van der Waals surface area (Å²) in [4.78, 5) is 2.38. The zero-order chi connectivity index (χ0) is 30.0. The quantitative estimate of drug-likeness (QED) is 0.191. The fourth-order valence-electron chi connectivity index (χ4n) is 6.69. The van der Waals surface area contributed by atoms with Crippen molar-refractivity contribution in [2.45, 2.75) is 12.8 Å². The highest BCUT2D eigenvalue weighted by Gasteiger charge is 2.18. The molecule has 1 aliphatic rings. The summed E-state index contributed by atoms with van der Waals surface area (Å²) in [6, 6.07) is 59.3. The summed E-state index contributed by atoms with van der Waals surface area (Å²) >= 11 is 0. The third kappa shape index (κ3) is 5.24. The average Bonchev–Trinajstić information content (AvgIpc) is 3.13. The predicted molar refractivity (Wildman–Crippen MR) is 192 cm³/mol. The zero-order valence-corrected chi connectivity index (χ0v) is 25.1. The van der Waals surface area contributed by atoms with Gasteiger partial charge in [0.1, 0.15) is 0 Å². The molecule has 0 aliphatic heterocycles. The van der Waals surface area contributed by atoms with Gasteiger partial charge in [-0.3, -0.25) is 0 Å². The van der Waals surface area contributed by atoms with Gasteiger partial charge >= 0.3 is 0 Å². The molecule has 0 spiro atoms. The monoisotopic (exact) mass is 575 g/mol. The van der Waals surface area contributed by atoms with Crippen LogP contribution in [-0.2, 0) is 6.42 Å². The second kappa shape index (κ2) is 11.8. The maximum Gasteiger partial charge on any atom is 0.0467 e. The summed E-state index contributed by atoms with van der Waals surface area (Å²) in [5.74, 6) is 0. The van der Waals surface area contributed by atoms with Gasteiger partial charge in [-0.15, -0.1) is 0 Å². The second-order valence-corrected chi connectivity index (χ2v) is 11.7. The first-order chi connectivity index (χ1) is 22.3. The van der Waals surface area contributed by atoms with E-state index in [2.05, 4.69) is 181 Å². The number of anilines is 3. The Labute approximate surface area is 265 Å². The molecule has 7 aromatic rings. The van der Waals surface area contributed by atoms with Gasteiger partial charge in [0.25, 0.3) is 0 Å². The van der Waals surface area contributed by atoms with Gasteiger partial charge in [-0.1, -0.05) is 133 Å². The molecule has 0 N–H and O–H groups in total. The molecule has 1 heteroatoms. The van der Waals surface area contributed by atoms with Crippen molar-refractivity contribution in [1.82, 2.24) is 0 Å². The van der Waals surface area contributed by atoms with Crippen molar-refractivity contribution < 1.29 is 0 Å². The van der Waals surface area contributed by atoms with E-state index in [1.54, 1.807) is 0 Å². The number of allylic oxidation sites excluding steroid dienone is 1. The summed E-state index contributed by atoms with van der Waals surface area (Å²) in [5, 5.41) is 2.62. The lowest BCUT2D eigenvalue weighted by atomic mass is 9.85. The highest BCUT2D eigenvalue weighted by Crippen LogP contribution is 2.41. The number of fused-ring (bicyclic) bond motifs is 3. The van der Waals surface area contributed by atoms with Crippen LogP contribution in [0.5, 0.6) is 0 Å². The van der Waals surface area contributed by atoms with Gasteiger partial charge in [0.15, 0.2) is 0 Å². The third-order valence-electron chi connectivity index (χ3n) is 8.93. The fourth-order valence-corrected chi connectivity index (χ4v) is 6.69. The lowest BCUT2D eigenvalue weighted by Crippen LogP contribution is -2.10. The van der Waals surface area contributed by atoms with Crippen LogP contribution in [0.3, 0.4) is 0 Å². The van der Waals surface area contributed by atoms with Crippen molar-refractivity contribution in [2.75, 3.05) is 4.90 Å². The van der Waals surface area contributed by atoms with Crippen LogP contribution >= 0.6 is 0 Å².